The van der Waals surface area contributed by atoms with Gasteiger partial charge in [-0.2, -0.15) is 0 Å². The molecular formula is C40H47O12SSe+. The number of hydrogen-bond donors (Lipinski definition) is 1. The second kappa shape index (κ2) is 19.4. The maximum absolute atomic E-state index is 12.0. The van der Waals surface area contributed by atoms with E-state index in [1.54, 1.807) is 21.3 Å². The van der Waals surface area contributed by atoms with Crippen LogP contribution in [0.15, 0.2) is 103 Å². The first-order chi connectivity index (χ1) is 26.2. The van der Waals surface area contributed by atoms with Crippen LogP contribution in [-0.2, 0) is 58.1 Å². The predicted octanol–water partition coefficient (Wildman–Crippen LogP) is 6.58. The van der Waals surface area contributed by atoms with Crippen LogP contribution < -0.4 is 14.2 Å². The molecule has 2 aliphatic heterocycles. The Kier molecular flexibility index (Phi) is 14.4. The Morgan fingerprint density at radius 3 is 1.78 bits per heavy atom. The van der Waals surface area contributed by atoms with Gasteiger partial charge in [0.15, 0.2) is 0 Å². The van der Waals surface area contributed by atoms with Crippen LogP contribution >= 0.6 is 0 Å². The first kappa shape index (κ1) is 40.1. The molecular weight excluding hydrogens is 783 g/mol. The summed E-state index contributed by atoms with van der Waals surface area (Å²) in [5, 5.41) is 1.17. The van der Waals surface area contributed by atoms with Gasteiger partial charge in [0.2, 0.25) is 0 Å². The second-order valence-electron chi connectivity index (χ2n) is 12.9. The van der Waals surface area contributed by atoms with E-state index in [2.05, 4.69) is 0 Å². The van der Waals surface area contributed by atoms with E-state index < -0.39 is 42.8 Å². The van der Waals surface area contributed by atoms with E-state index in [0.717, 1.165) is 39.5 Å². The van der Waals surface area contributed by atoms with E-state index in [0.29, 0.717) is 37.1 Å². The summed E-state index contributed by atoms with van der Waals surface area (Å²) in [5.74, 6) is 2.27. The van der Waals surface area contributed by atoms with Crippen LogP contribution in [0.25, 0.3) is 0 Å². The maximum atomic E-state index is 12.0. The summed E-state index contributed by atoms with van der Waals surface area (Å²) >= 11 is -1.81. The molecule has 1 N–H and O–H groups in total. The van der Waals surface area contributed by atoms with E-state index in [1.165, 1.54) is 0 Å². The molecule has 2 aliphatic rings. The van der Waals surface area contributed by atoms with Crippen molar-refractivity contribution in [2.75, 3.05) is 34.5 Å². The summed E-state index contributed by atoms with van der Waals surface area (Å²) in [6.07, 6.45) is -3.14. The summed E-state index contributed by atoms with van der Waals surface area (Å²) < 4.78 is 87.1. The molecule has 2 fully saturated rings. The molecule has 0 aliphatic carbocycles. The number of hydrogen-bond acceptors (Lipinski definition) is 11. The van der Waals surface area contributed by atoms with Crippen LogP contribution in [0, 0.1) is 0 Å². The van der Waals surface area contributed by atoms with Gasteiger partial charge in [-0.3, -0.25) is 0 Å². The minimum atomic E-state index is -4.79. The molecule has 2 heterocycles. The molecule has 7 unspecified atom stereocenters. The topological polar surface area (TPSA) is 137 Å². The molecule has 0 spiro atoms. The summed E-state index contributed by atoms with van der Waals surface area (Å²) in [6, 6.07) is 32.7. The van der Waals surface area contributed by atoms with Crippen molar-refractivity contribution in [3.8, 4) is 17.2 Å². The molecule has 4 aromatic carbocycles. The molecule has 290 valence electrons. The number of rotatable bonds is 18. The summed E-state index contributed by atoms with van der Waals surface area (Å²) in [4.78, 5) is -0.0737. The van der Waals surface area contributed by atoms with E-state index in [-0.39, 0.29) is 23.6 Å². The Bertz CT molecular complexity index is 1830. The van der Waals surface area contributed by atoms with Crippen molar-refractivity contribution in [3.63, 3.8) is 0 Å². The van der Waals surface area contributed by atoms with Gasteiger partial charge in [0.25, 0.3) is 0 Å². The number of benzene rings is 4. The first-order valence-corrected chi connectivity index (χ1v) is 22.3. The average Bonchev–Trinajstić information content (AvgIpc) is 3.52. The van der Waals surface area contributed by atoms with Crippen LogP contribution in [0.2, 0.25) is 15.5 Å². The molecule has 0 bridgehead atoms. The van der Waals surface area contributed by atoms with Gasteiger partial charge in [0.05, 0.1) is 0 Å². The van der Waals surface area contributed by atoms with Gasteiger partial charge in [0.1, 0.15) is 0 Å². The summed E-state index contributed by atoms with van der Waals surface area (Å²) in [7, 11) is 0.0979. The normalized spacial score (nSPS) is 24.3. The molecule has 0 saturated carbocycles. The van der Waals surface area contributed by atoms with Crippen molar-refractivity contribution in [2.24, 2.45) is 0 Å². The molecule has 14 heteroatoms. The summed E-state index contributed by atoms with van der Waals surface area (Å²) in [5.41, 5.74) is 3.75. The van der Waals surface area contributed by atoms with Crippen LogP contribution in [0.3, 0.4) is 0 Å². The predicted molar refractivity (Wildman–Crippen MR) is 201 cm³/mol. The Balaban J connectivity index is 1.27. The van der Waals surface area contributed by atoms with Crippen molar-refractivity contribution in [1.29, 1.82) is 0 Å². The zero-order chi connectivity index (χ0) is 37.9. The van der Waals surface area contributed by atoms with Gasteiger partial charge >= 0.3 is 323 Å². The summed E-state index contributed by atoms with van der Waals surface area (Å²) in [6.45, 7) is 1.36. The van der Waals surface area contributed by atoms with Crippen molar-refractivity contribution < 1.29 is 55.0 Å². The van der Waals surface area contributed by atoms with Crippen LogP contribution in [0.5, 0.6) is 17.2 Å². The van der Waals surface area contributed by atoms with Crippen LogP contribution in [0.4, 0.5) is 0 Å². The fraction of sp³-hybridized carbons (Fsp3) is 0.400. The molecule has 7 atom stereocenters. The van der Waals surface area contributed by atoms with Gasteiger partial charge in [-0.15, -0.1) is 0 Å². The van der Waals surface area contributed by atoms with Gasteiger partial charge in [-0.25, -0.2) is 0 Å². The quantitative estimate of drug-likeness (QED) is 0.0857. The van der Waals surface area contributed by atoms with Crippen LogP contribution in [0.1, 0.15) is 28.5 Å². The molecule has 0 radical (unpaired) electrons. The third-order valence-corrected chi connectivity index (χ3v) is 15.6. The van der Waals surface area contributed by atoms with E-state index in [1.807, 2.05) is 103 Å². The standard InChI is InChI=1S/C40H46O12SSe/c1-44-32-15-9-28(10-16-32)21-47-25-38-39(49-23-30-13-19-34(46-3)20-14-30)37(48-22-29-11-17-33(45-2)18-12-29)27-54(38)26-36-35(52-53(41,42)43)24-50-40(51-36)31-7-5-4-6-8-31/h4-20,35-40H,21-27H2,1-3H3/p+1. The van der Waals surface area contributed by atoms with Gasteiger partial charge in [-0.1, -0.05) is 0 Å². The Labute approximate surface area is 321 Å². The molecule has 54 heavy (non-hydrogen) atoms. The van der Waals surface area contributed by atoms with Gasteiger partial charge in [0, 0.05) is 0 Å². The number of methoxy groups -OCH3 is 3. The average molecular weight is 831 g/mol. The van der Waals surface area contributed by atoms with Crippen molar-refractivity contribution in [3.05, 3.63) is 125 Å². The second-order valence-corrected chi connectivity index (χ2v) is 18.9. The van der Waals surface area contributed by atoms with Crippen molar-refractivity contribution in [2.45, 2.75) is 66.0 Å². The Morgan fingerprint density at radius 2 is 1.24 bits per heavy atom. The van der Waals surface area contributed by atoms with E-state index >= 15 is 0 Å². The third-order valence-electron chi connectivity index (χ3n) is 9.29. The zero-order valence-electron chi connectivity index (χ0n) is 30.5. The Hall–Kier alpha value is -3.53. The van der Waals surface area contributed by atoms with E-state index in [4.69, 9.17) is 42.1 Å². The zero-order valence-corrected chi connectivity index (χ0v) is 33.0. The fourth-order valence-corrected chi connectivity index (χ4v) is 13.2. The monoisotopic (exact) mass is 831 g/mol. The van der Waals surface area contributed by atoms with Gasteiger partial charge < -0.3 is 0 Å². The molecule has 0 aromatic heterocycles. The molecule has 4 aromatic rings. The van der Waals surface area contributed by atoms with Gasteiger partial charge in [-0.05, 0) is 0 Å². The molecule has 6 rings (SSSR count). The third kappa shape index (κ3) is 11.3. The van der Waals surface area contributed by atoms with E-state index in [9.17, 15) is 13.0 Å². The fourth-order valence-electron chi connectivity index (χ4n) is 6.42. The minimum absolute atomic E-state index is 0.0737. The molecule has 12 nitrogen and oxygen atoms in total. The number of ether oxygens (including phenoxy) is 8. The van der Waals surface area contributed by atoms with Crippen LogP contribution in [-0.4, -0.2) is 85.8 Å². The molecule has 0 amide bonds. The Morgan fingerprint density at radius 1 is 0.704 bits per heavy atom. The van der Waals surface area contributed by atoms with Crippen molar-refractivity contribution >= 4 is 24.3 Å². The SMILES string of the molecule is COc1ccc(COCC2C(OCc3ccc(OC)cc3)C(OCc3ccc(OC)cc3)C[Se+]2CC2OC(c3ccccc3)OCC2OS(=O)(=O)O)cc1. The molecule has 2 saturated heterocycles. The first-order valence-electron chi connectivity index (χ1n) is 17.5. The van der Waals surface area contributed by atoms with Crippen molar-refractivity contribution in [1.82, 2.24) is 0 Å².